The molecule has 4 aliphatic rings. The van der Waals surface area contributed by atoms with Gasteiger partial charge in [0.25, 0.3) is 5.91 Å². The van der Waals surface area contributed by atoms with Crippen LogP contribution in [0.3, 0.4) is 0 Å². The predicted molar refractivity (Wildman–Crippen MR) is 206 cm³/mol. The van der Waals surface area contributed by atoms with Gasteiger partial charge in [-0.25, -0.2) is 18.2 Å². The van der Waals surface area contributed by atoms with Crippen LogP contribution < -0.4 is 24.8 Å². The van der Waals surface area contributed by atoms with E-state index in [1.54, 1.807) is 43.3 Å². The lowest BCUT2D eigenvalue weighted by Crippen LogP contribution is -2.60. The number of fused-ring (bicyclic) bond motifs is 3. The van der Waals surface area contributed by atoms with Crippen molar-refractivity contribution in [2.24, 2.45) is 17.8 Å². The van der Waals surface area contributed by atoms with Crippen molar-refractivity contribution in [3.63, 3.8) is 0 Å². The number of carbonyl (C=O) groups is 4. The lowest BCUT2D eigenvalue weighted by Gasteiger charge is -2.35. The first-order valence-corrected chi connectivity index (χ1v) is 20.9. The number of allylic oxidation sites excluding steroid dienone is 1. The van der Waals surface area contributed by atoms with Crippen LogP contribution in [0.1, 0.15) is 90.0 Å². The molecule has 3 N–H and O–H groups in total. The SMILES string of the molecule is [2H]C([2H])([2H])C1(S(=O)(=O)NC(=O)[C@@]23C[C@H]2/C=C\CC[C@H](C)C[C@@H](CC)[C@H](NC(=O)OC(C)(C)C(F)(F)F)C(=O)N2C[C@H](Oc4ncc(OC)c5ccccc45)C[C@H]2C(=O)N3)CC1. The molecule has 318 valence electrons. The highest BCUT2D eigenvalue weighted by atomic mass is 32.2. The molecule has 14 nitrogen and oxygen atoms in total. The molecule has 6 rings (SSSR count). The normalized spacial score (nSPS) is 30.4. The van der Waals surface area contributed by atoms with E-state index in [-0.39, 0.29) is 44.0 Å². The molecule has 2 saturated carbocycles. The van der Waals surface area contributed by atoms with Crippen LogP contribution in [0, 0.1) is 17.8 Å². The number of pyridine rings is 1. The number of sulfonamides is 1. The third kappa shape index (κ3) is 8.57. The van der Waals surface area contributed by atoms with E-state index in [1.165, 1.54) is 13.3 Å². The van der Waals surface area contributed by atoms with Crippen molar-refractivity contribution in [3.8, 4) is 11.6 Å². The molecule has 0 spiro atoms. The highest BCUT2D eigenvalue weighted by Crippen LogP contribution is 2.48. The number of aromatic nitrogens is 1. The Kier molecular flexibility index (Phi) is 10.6. The number of methoxy groups -OCH3 is 1. The molecule has 0 bridgehead atoms. The van der Waals surface area contributed by atoms with Crippen molar-refractivity contribution in [3.05, 3.63) is 42.6 Å². The number of ether oxygens (including phenoxy) is 3. The molecule has 3 heterocycles. The number of benzene rings is 1. The largest absolute Gasteiger partial charge is 0.494 e. The maximum absolute atomic E-state index is 14.9. The minimum absolute atomic E-state index is 0.0435. The van der Waals surface area contributed by atoms with Crippen LogP contribution in [0.2, 0.25) is 0 Å². The number of halogens is 3. The highest BCUT2D eigenvalue weighted by Gasteiger charge is 2.63. The predicted octanol–water partition coefficient (Wildman–Crippen LogP) is 5.30. The van der Waals surface area contributed by atoms with E-state index in [0.29, 0.717) is 56.1 Å². The van der Waals surface area contributed by atoms with Gasteiger partial charge in [0.15, 0.2) is 0 Å². The van der Waals surface area contributed by atoms with Gasteiger partial charge >= 0.3 is 12.3 Å². The Morgan fingerprint density at radius 2 is 1.84 bits per heavy atom. The number of nitrogens with one attached hydrogen (secondary N) is 3. The zero-order chi connectivity index (χ0) is 44.9. The first-order valence-electron chi connectivity index (χ1n) is 20.9. The zero-order valence-electron chi connectivity index (χ0n) is 36.0. The van der Waals surface area contributed by atoms with Gasteiger partial charge in [0.1, 0.15) is 29.5 Å². The number of hydrogen-bond donors (Lipinski definition) is 3. The number of carbonyl (C=O) groups excluding carboxylic acids is 4. The van der Waals surface area contributed by atoms with Crippen LogP contribution in [0.25, 0.3) is 10.8 Å². The third-order valence-corrected chi connectivity index (χ3v) is 13.6. The van der Waals surface area contributed by atoms with Crippen LogP contribution in [0.5, 0.6) is 11.6 Å². The molecule has 0 unspecified atom stereocenters. The number of amides is 4. The summed E-state index contributed by atoms with van der Waals surface area (Å²) in [5, 5.41) is 6.30. The lowest BCUT2D eigenvalue weighted by atomic mass is 9.85. The second-order valence-corrected chi connectivity index (χ2v) is 18.4. The molecule has 4 amide bonds. The van der Waals surface area contributed by atoms with Gasteiger partial charge in [-0.05, 0) is 77.1 Å². The fourth-order valence-corrected chi connectivity index (χ4v) is 8.99. The van der Waals surface area contributed by atoms with E-state index in [9.17, 15) is 40.8 Å². The van der Waals surface area contributed by atoms with Gasteiger partial charge in [-0.3, -0.25) is 19.1 Å². The minimum Gasteiger partial charge on any atom is -0.494 e. The molecule has 58 heavy (non-hydrogen) atoms. The van der Waals surface area contributed by atoms with Crippen LogP contribution in [-0.4, -0.2) is 96.0 Å². The summed E-state index contributed by atoms with van der Waals surface area (Å²) < 4.78 is 108. The van der Waals surface area contributed by atoms with Gasteiger partial charge in [0.2, 0.25) is 33.3 Å². The first kappa shape index (κ1) is 38.9. The van der Waals surface area contributed by atoms with Crippen LogP contribution in [0.4, 0.5) is 18.0 Å². The second-order valence-electron chi connectivity index (χ2n) is 16.4. The zero-order valence-corrected chi connectivity index (χ0v) is 33.8. The van der Waals surface area contributed by atoms with Crippen molar-refractivity contribution in [1.82, 2.24) is 25.2 Å². The number of hydrogen-bond acceptors (Lipinski definition) is 10. The van der Waals surface area contributed by atoms with E-state index in [4.69, 9.17) is 18.3 Å². The Balaban J connectivity index is 1.38. The minimum atomic E-state index is -4.95. The van der Waals surface area contributed by atoms with Crippen LogP contribution in [0.15, 0.2) is 42.6 Å². The molecule has 1 saturated heterocycles. The van der Waals surface area contributed by atoms with Crippen LogP contribution >= 0.6 is 0 Å². The highest BCUT2D eigenvalue weighted by molar-refractivity contribution is 7.91. The van der Waals surface area contributed by atoms with Gasteiger partial charge in [0, 0.05) is 27.2 Å². The van der Waals surface area contributed by atoms with E-state index >= 15 is 0 Å². The van der Waals surface area contributed by atoms with E-state index < -0.39 is 92.8 Å². The summed E-state index contributed by atoms with van der Waals surface area (Å²) in [6.07, 6.45) is -1.42. The summed E-state index contributed by atoms with van der Waals surface area (Å²) >= 11 is 0. The summed E-state index contributed by atoms with van der Waals surface area (Å²) in [4.78, 5) is 62.4. The number of alkyl carbamates (subject to hydrolysis) is 1. The van der Waals surface area contributed by atoms with E-state index in [0.717, 1.165) is 4.90 Å². The van der Waals surface area contributed by atoms with E-state index in [2.05, 4.69) is 15.6 Å². The fourth-order valence-electron chi connectivity index (χ4n) is 7.73. The Hall–Kier alpha value is -4.61. The van der Waals surface area contributed by atoms with Crippen molar-refractivity contribution in [1.29, 1.82) is 0 Å². The average Bonchev–Trinajstić information content (AvgIpc) is 4.09. The number of rotatable bonds is 9. The van der Waals surface area contributed by atoms with Crippen molar-refractivity contribution in [2.75, 3.05) is 13.7 Å². The summed E-state index contributed by atoms with van der Waals surface area (Å²) in [5.41, 5.74) is -4.77. The van der Waals surface area contributed by atoms with E-state index in [1.807, 2.05) is 11.6 Å². The monoisotopic (exact) mass is 838 g/mol. The van der Waals surface area contributed by atoms with Crippen molar-refractivity contribution >= 4 is 44.6 Å². The Bertz CT molecular complexity index is 2190. The van der Waals surface area contributed by atoms with Gasteiger partial charge in [-0.15, -0.1) is 0 Å². The molecule has 7 atom stereocenters. The average molecular weight is 839 g/mol. The fraction of sp³-hybridized carbons (Fsp3) is 0.625. The Morgan fingerprint density at radius 3 is 2.48 bits per heavy atom. The Morgan fingerprint density at radius 1 is 1.14 bits per heavy atom. The molecule has 2 aromatic rings. The summed E-state index contributed by atoms with van der Waals surface area (Å²) in [6.45, 7) is 1.83. The van der Waals surface area contributed by atoms with Gasteiger partial charge in [-0.1, -0.05) is 50.6 Å². The standard InChI is InChI=1S/C40H52F3N5O9S/c1-7-24-18-23(2)12-8-9-13-25-20-39(25,35(51)47-58(53,54)38(5)16-17-38)46-32(49)29-19-26(56-33-28-15-11-10-14-27(28)30(55-6)21-44-33)22-48(29)34(50)31(24)45-36(52)57-37(3,4)40(41,42)43/h9-11,13-15,21,23-26,29,31H,7-8,12,16-20,22H2,1-6H3,(H,45,52)(H,46,49)(H,47,51)/b13-9-/t23-,24+,25+,26+,29-,31-,39+/m0/s1/i5D3. The van der Waals surface area contributed by atoms with Gasteiger partial charge in [-0.2, -0.15) is 13.2 Å². The number of alkyl halides is 3. The molecule has 3 fully saturated rings. The molecule has 2 aliphatic heterocycles. The lowest BCUT2D eigenvalue weighted by molar-refractivity contribution is -0.244. The summed E-state index contributed by atoms with van der Waals surface area (Å²) in [7, 11) is -3.28. The molecule has 0 radical (unpaired) electrons. The molecular weight excluding hydrogens is 784 g/mol. The smallest absolute Gasteiger partial charge is 0.427 e. The molecule has 1 aromatic carbocycles. The maximum atomic E-state index is 14.9. The summed E-state index contributed by atoms with van der Waals surface area (Å²) in [5.74, 6) is -3.69. The molecule has 18 heteroatoms. The maximum Gasteiger partial charge on any atom is 0.427 e. The number of nitrogens with zero attached hydrogens (tertiary/aromatic N) is 2. The third-order valence-electron chi connectivity index (χ3n) is 11.7. The topological polar surface area (TPSA) is 182 Å². The molecule has 2 aliphatic carbocycles. The van der Waals surface area contributed by atoms with Crippen molar-refractivity contribution < 1.29 is 59.1 Å². The molecule has 1 aromatic heterocycles. The quantitative estimate of drug-likeness (QED) is 0.280. The second kappa shape index (κ2) is 15.9. The first-order chi connectivity index (χ1) is 28.4. The van der Waals surface area contributed by atoms with Gasteiger partial charge in [0.05, 0.1) is 24.6 Å². The summed E-state index contributed by atoms with van der Waals surface area (Å²) in [6, 6.07) is 4.16. The molecular formula is C40H52F3N5O9S. The van der Waals surface area contributed by atoms with Gasteiger partial charge < -0.3 is 29.7 Å². The van der Waals surface area contributed by atoms with Crippen LogP contribution in [-0.2, 0) is 29.1 Å². The Labute approximate surface area is 340 Å². The van der Waals surface area contributed by atoms with Crippen molar-refractivity contribution in [2.45, 2.75) is 126 Å².